The number of halogens is 1. The van der Waals surface area contributed by atoms with Gasteiger partial charge in [-0.15, -0.1) is 0 Å². The molecule has 2 aromatic heterocycles. The van der Waals surface area contributed by atoms with Crippen molar-refractivity contribution in [3.63, 3.8) is 0 Å². The number of hydrogen-bond donors (Lipinski definition) is 0. The molecule has 1 aromatic carbocycles. The van der Waals surface area contributed by atoms with E-state index in [4.69, 9.17) is 11.6 Å². The second-order valence-electron chi connectivity index (χ2n) is 6.94. The first-order chi connectivity index (χ1) is 13.7. The highest BCUT2D eigenvalue weighted by Crippen LogP contribution is 2.25. The molecule has 0 aliphatic rings. The molecule has 6 nitrogen and oxygen atoms in total. The van der Waals surface area contributed by atoms with Gasteiger partial charge in [-0.05, 0) is 37.1 Å². The lowest BCUT2D eigenvalue weighted by Crippen LogP contribution is -2.32. The number of sulfonamides is 1. The third-order valence-electron chi connectivity index (χ3n) is 5.18. The first kappa shape index (κ1) is 21.5. The second kappa shape index (κ2) is 8.26. The molecule has 0 aliphatic carbocycles. The molecular formula is C21H24ClN3O3S. The zero-order valence-electron chi connectivity index (χ0n) is 16.9. The maximum Gasteiger partial charge on any atom is 0.250 e. The molecule has 0 fully saturated rings. The third-order valence-corrected chi connectivity index (χ3v) is 7.54. The van der Waals surface area contributed by atoms with Gasteiger partial charge in [-0.2, -0.15) is 4.31 Å². The van der Waals surface area contributed by atoms with E-state index in [1.807, 2.05) is 32.0 Å². The van der Waals surface area contributed by atoms with E-state index in [1.54, 1.807) is 13.8 Å². The van der Waals surface area contributed by atoms with Crippen molar-refractivity contribution in [2.75, 3.05) is 13.1 Å². The molecule has 0 saturated heterocycles. The molecule has 0 bridgehead atoms. The molecule has 29 heavy (non-hydrogen) atoms. The van der Waals surface area contributed by atoms with Crippen molar-refractivity contribution < 1.29 is 8.42 Å². The Kier molecular flexibility index (Phi) is 6.12. The van der Waals surface area contributed by atoms with Gasteiger partial charge in [0.15, 0.2) is 0 Å². The summed E-state index contributed by atoms with van der Waals surface area (Å²) in [5.74, 6) is 0. The Morgan fingerprint density at radius 1 is 1.10 bits per heavy atom. The van der Waals surface area contributed by atoms with Crippen LogP contribution in [-0.4, -0.2) is 35.4 Å². The Balaban J connectivity index is 2.06. The number of benzene rings is 1. The Bertz CT molecular complexity index is 1230. The Labute approximate surface area is 175 Å². The molecule has 3 aromatic rings. The van der Waals surface area contributed by atoms with Crippen LogP contribution in [0.3, 0.4) is 0 Å². The van der Waals surface area contributed by atoms with Crippen LogP contribution in [0, 0.1) is 13.8 Å². The van der Waals surface area contributed by atoms with Crippen LogP contribution < -0.4 is 5.56 Å². The van der Waals surface area contributed by atoms with Gasteiger partial charge in [0.05, 0.1) is 17.0 Å². The van der Waals surface area contributed by atoms with Crippen LogP contribution >= 0.6 is 11.6 Å². The van der Waals surface area contributed by atoms with Gasteiger partial charge >= 0.3 is 0 Å². The molecule has 0 N–H and O–H groups in total. The summed E-state index contributed by atoms with van der Waals surface area (Å²) in [6.45, 7) is 8.42. The number of aryl methyl sites for hydroxylation is 2. The van der Waals surface area contributed by atoms with Gasteiger partial charge in [-0.1, -0.05) is 37.6 Å². The molecule has 2 heterocycles. The number of pyridine rings is 2. The fraction of sp³-hybridized carbons (Fsp3) is 0.333. The maximum atomic E-state index is 12.8. The first-order valence-corrected chi connectivity index (χ1v) is 11.3. The fourth-order valence-electron chi connectivity index (χ4n) is 3.30. The predicted molar refractivity (Wildman–Crippen MR) is 116 cm³/mol. The van der Waals surface area contributed by atoms with Crippen molar-refractivity contribution in [3.8, 4) is 0 Å². The molecule has 0 unspecified atom stereocenters. The van der Waals surface area contributed by atoms with E-state index in [1.165, 1.54) is 27.2 Å². The van der Waals surface area contributed by atoms with Crippen LogP contribution in [-0.2, 0) is 16.6 Å². The molecule has 0 amide bonds. The average molecular weight is 434 g/mol. The van der Waals surface area contributed by atoms with Gasteiger partial charge in [0.25, 0.3) is 5.56 Å². The molecule has 0 saturated carbocycles. The average Bonchev–Trinajstić information content (AvgIpc) is 2.68. The lowest BCUT2D eigenvalue weighted by molar-refractivity contribution is 0.444. The Morgan fingerprint density at radius 3 is 2.45 bits per heavy atom. The number of rotatable bonds is 6. The molecule has 0 spiro atoms. The minimum absolute atomic E-state index is 0.0807. The number of nitrogens with zero attached hydrogens (tertiary/aromatic N) is 3. The standard InChI is InChI=1S/C21H24ClN3O3S/c1-5-25(6-2)29(27,28)18-9-10-19(26)24(13-18)12-17-11-16-8-7-14(3)15(4)20(16)23-21(17)22/h7-11,13H,5-6,12H2,1-4H3. The summed E-state index contributed by atoms with van der Waals surface area (Å²) in [5, 5.41) is 1.22. The molecular weight excluding hydrogens is 410 g/mol. The Hall–Kier alpha value is -2.22. The first-order valence-electron chi connectivity index (χ1n) is 9.45. The van der Waals surface area contributed by atoms with E-state index in [-0.39, 0.29) is 17.0 Å². The van der Waals surface area contributed by atoms with Crippen LogP contribution in [0.25, 0.3) is 10.9 Å². The summed E-state index contributed by atoms with van der Waals surface area (Å²) in [6.07, 6.45) is 1.37. The van der Waals surface area contributed by atoms with Crippen molar-refractivity contribution in [1.29, 1.82) is 0 Å². The second-order valence-corrected chi connectivity index (χ2v) is 9.23. The minimum Gasteiger partial charge on any atom is -0.310 e. The highest BCUT2D eigenvalue weighted by atomic mass is 35.5. The fourth-order valence-corrected chi connectivity index (χ4v) is 4.97. The van der Waals surface area contributed by atoms with E-state index in [9.17, 15) is 13.2 Å². The topological polar surface area (TPSA) is 72.3 Å². The summed E-state index contributed by atoms with van der Waals surface area (Å²) in [5.41, 5.74) is 3.35. The zero-order chi connectivity index (χ0) is 21.3. The number of fused-ring (bicyclic) bond motifs is 1. The highest BCUT2D eigenvalue weighted by molar-refractivity contribution is 7.89. The van der Waals surface area contributed by atoms with Crippen molar-refractivity contribution in [3.05, 3.63) is 68.7 Å². The van der Waals surface area contributed by atoms with Crippen molar-refractivity contribution >= 4 is 32.5 Å². The molecule has 0 atom stereocenters. The van der Waals surface area contributed by atoms with E-state index in [0.717, 1.165) is 22.0 Å². The summed E-state index contributed by atoms with van der Waals surface area (Å²) in [7, 11) is -3.66. The molecule has 154 valence electrons. The van der Waals surface area contributed by atoms with Crippen LogP contribution in [0.1, 0.15) is 30.5 Å². The van der Waals surface area contributed by atoms with Gasteiger partial charge in [0.1, 0.15) is 5.15 Å². The smallest absolute Gasteiger partial charge is 0.250 e. The molecule has 0 radical (unpaired) electrons. The summed E-state index contributed by atoms with van der Waals surface area (Å²) in [4.78, 5) is 17.0. The van der Waals surface area contributed by atoms with Crippen LogP contribution in [0.15, 0.2) is 46.2 Å². The lowest BCUT2D eigenvalue weighted by atomic mass is 10.0. The Morgan fingerprint density at radius 2 is 1.79 bits per heavy atom. The van der Waals surface area contributed by atoms with Gasteiger partial charge in [-0.25, -0.2) is 13.4 Å². The molecule has 8 heteroatoms. The lowest BCUT2D eigenvalue weighted by Gasteiger charge is -2.19. The van der Waals surface area contributed by atoms with E-state index in [0.29, 0.717) is 23.8 Å². The zero-order valence-corrected chi connectivity index (χ0v) is 18.5. The van der Waals surface area contributed by atoms with Crippen molar-refractivity contribution in [1.82, 2.24) is 13.9 Å². The van der Waals surface area contributed by atoms with Gasteiger partial charge < -0.3 is 4.57 Å². The molecule has 0 aliphatic heterocycles. The number of hydrogen-bond acceptors (Lipinski definition) is 4. The van der Waals surface area contributed by atoms with Crippen LogP contribution in [0.2, 0.25) is 5.15 Å². The van der Waals surface area contributed by atoms with E-state index in [2.05, 4.69) is 4.98 Å². The quantitative estimate of drug-likeness (QED) is 0.555. The largest absolute Gasteiger partial charge is 0.310 e. The number of aromatic nitrogens is 2. The van der Waals surface area contributed by atoms with Crippen molar-refractivity contribution in [2.24, 2.45) is 0 Å². The maximum absolute atomic E-state index is 12.8. The van der Waals surface area contributed by atoms with Crippen LogP contribution in [0.4, 0.5) is 0 Å². The van der Waals surface area contributed by atoms with E-state index < -0.39 is 10.0 Å². The van der Waals surface area contributed by atoms with Gasteiger partial charge in [-0.3, -0.25) is 4.79 Å². The van der Waals surface area contributed by atoms with E-state index >= 15 is 0 Å². The van der Waals surface area contributed by atoms with Gasteiger partial charge in [0, 0.05) is 36.3 Å². The van der Waals surface area contributed by atoms with Crippen LogP contribution in [0.5, 0.6) is 0 Å². The predicted octanol–water partition coefficient (Wildman–Crippen LogP) is 3.75. The summed E-state index contributed by atoms with van der Waals surface area (Å²) in [6, 6.07) is 8.50. The normalized spacial score (nSPS) is 12.1. The summed E-state index contributed by atoms with van der Waals surface area (Å²) < 4.78 is 28.3. The summed E-state index contributed by atoms with van der Waals surface area (Å²) >= 11 is 6.40. The monoisotopic (exact) mass is 433 g/mol. The third kappa shape index (κ3) is 4.08. The minimum atomic E-state index is -3.66. The van der Waals surface area contributed by atoms with Crippen molar-refractivity contribution in [2.45, 2.75) is 39.1 Å². The highest BCUT2D eigenvalue weighted by Gasteiger charge is 2.22. The molecule has 3 rings (SSSR count). The SMILES string of the molecule is CCN(CC)S(=O)(=O)c1ccc(=O)n(Cc2cc3ccc(C)c(C)c3nc2Cl)c1. The van der Waals surface area contributed by atoms with Gasteiger partial charge in [0.2, 0.25) is 10.0 Å².